The predicted octanol–water partition coefficient (Wildman–Crippen LogP) is 0.325. The van der Waals surface area contributed by atoms with Crippen LogP contribution >= 0.6 is 0 Å². The van der Waals surface area contributed by atoms with Gasteiger partial charge in [-0.05, 0) is 6.92 Å². The lowest BCUT2D eigenvalue weighted by atomic mass is 10.3. The molecule has 54 valence electrons. The van der Waals surface area contributed by atoms with Gasteiger partial charge in [-0.25, -0.2) is 9.95 Å². The van der Waals surface area contributed by atoms with Crippen molar-refractivity contribution in [2.75, 3.05) is 7.05 Å². The topological polar surface area (TPSA) is 58.4 Å². The van der Waals surface area contributed by atoms with Gasteiger partial charge in [0.2, 0.25) is 0 Å². The van der Waals surface area contributed by atoms with Crippen LogP contribution in [-0.4, -0.2) is 18.4 Å². The molecule has 4 heteroatoms. The first kappa shape index (κ1) is 6.80. The Morgan fingerprint density at radius 1 is 1.70 bits per heavy atom. The quantitative estimate of drug-likeness (QED) is 0.571. The summed E-state index contributed by atoms with van der Waals surface area (Å²) in [4.78, 5) is 14.4. The summed E-state index contributed by atoms with van der Waals surface area (Å²) in [5.41, 5.74) is 0.821. The molecule has 0 aliphatic carbocycles. The largest absolute Gasteiger partial charge is 0.366 e. The van der Waals surface area contributed by atoms with Gasteiger partial charge in [-0.3, -0.25) is 4.99 Å². The van der Waals surface area contributed by atoms with Gasteiger partial charge in [0.25, 0.3) is 0 Å². The molecular weight excluding hydrogens is 132 g/mol. The SMILES string of the molecule is CN=Cc1c(C)[nH]oc1=O. The second kappa shape index (κ2) is 2.51. The molecule has 0 unspecified atom stereocenters. The molecule has 1 rings (SSSR count). The molecule has 0 aromatic carbocycles. The van der Waals surface area contributed by atoms with Crippen molar-refractivity contribution in [3.05, 3.63) is 21.7 Å². The van der Waals surface area contributed by atoms with E-state index in [4.69, 9.17) is 0 Å². The zero-order chi connectivity index (χ0) is 7.56. The van der Waals surface area contributed by atoms with Crippen molar-refractivity contribution in [1.82, 2.24) is 5.16 Å². The van der Waals surface area contributed by atoms with Gasteiger partial charge in [-0.15, -0.1) is 0 Å². The van der Waals surface area contributed by atoms with Gasteiger partial charge < -0.3 is 4.52 Å². The number of rotatable bonds is 1. The first-order chi connectivity index (χ1) is 4.75. The maximum atomic E-state index is 10.7. The Bertz CT molecular complexity index is 295. The number of nitrogens with zero attached hydrogens (tertiary/aromatic N) is 1. The Labute approximate surface area is 57.5 Å². The minimum absolute atomic E-state index is 0.372. The fourth-order valence-corrected chi connectivity index (χ4v) is 0.665. The fraction of sp³-hybridized carbons (Fsp3) is 0.333. The maximum absolute atomic E-state index is 10.7. The first-order valence-corrected chi connectivity index (χ1v) is 2.86. The molecule has 1 N–H and O–H groups in total. The second-order valence-corrected chi connectivity index (χ2v) is 1.92. The third-order valence-corrected chi connectivity index (χ3v) is 1.18. The van der Waals surface area contributed by atoms with E-state index >= 15 is 0 Å². The van der Waals surface area contributed by atoms with Crippen molar-refractivity contribution in [3.8, 4) is 0 Å². The van der Waals surface area contributed by atoms with Gasteiger partial charge in [0, 0.05) is 13.3 Å². The van der Waals surface area contributed by atoms with Crippen molar-refractivity contribution in [1.29, 1.82) is 0 Å². The maximum Gasteiger partial charge on any atom is 0.366 e. The zero-order valence-electron chi connectivity index (χ0n) is 5.84. The number of aliphatic imine (C=N–C) groups is 1. The van der Waals surface area contributed by atoms with Crippen LogP contribution in [0.3, 0.4) is 0 Å². The van der Waals surface area contributed by atoms with Crippen LogP contribution in [-0.2, 0) is 0 Å². The molecule has 4 nitrogen and oxygen atoms in total. The first-order valence-electron chi connectivity index (χ1n) is 2.86. The molecule has 0 bridgehead atoms. The molecule has 0 atom stereocenters. The summed E-state index contributed by atoms with van der Waals surface area (Å²) in [6, 6.07) is 0. The molecular formula is C6H8N2O2. The normalized spacial score (nSPS) is 11.0. The number of aromatic nitrogens is 1. The van der Waals surface area contributed by atoms with E-state index in [9.17, 15) is 4.79 Å². The van der Waals surface area contributed by atoms with E-state index in [2.05, 4.69) is 14.7 Å². The monoisotopic (exact) mass is 140 g/mol. The van der Waals surface area contributed by atoms with Crippen LogP contribution in [0, 0.1) is 6.92 Å². The van der Waals surface area contributed by atoms with Crippen LogP contribution in [0.2, 0.25) is 0 Å². The molecule has 0 saturated carbocycles. The van der Waals surface area contributed by atoms with Gasteiger partial charge in [0.1, 0.15) is 5.56 Å². The van der Waals surface area contributed by atoms with Crippen LogP contribution in [0.1, 0.15) is 11.3 Å². The molecule has 1 heterocycles. The molecule has 1 aromatic rings. The Balaban J connectivity index is 3.23. The minimum atomic E-state index is -0.372. The van der Waals surface area contributed by atoms with E-state index in [-0.39, 0.29) is 5.63 Å². The van der Waals surface area contributed by atoms with E-state index in [1.165, 1.54) is 6.21 Å². The lowest BCUT2D eigenvalue weighted by molar-refractivity contribution is 0.387. The Kier molecular flexibility index (Phi) is 1.71. The number of aromatic amines is 1. The molecule has 0 aliphatic heterocycles. The number of nitrogens with one attached hydrogen (secondary N) is 1. The highest BCUT2D eigenvalue weighted by Crippen LogP contribution is 1.93. The van der Waals surface area contributed by atoms with Crippen LogP contribution in [0.25, 0.3) is 0 Å². The lowest BCUT2D eigenvalue weighted by Gasteiger charge is -1.79. The molecule has 10 heavy (non-hydrogen) atoms. The fourth-order valence-electron chi connectivity index (χ4n) is 0.665. The third-order valence-electron chi connectivity index (χ3n) is 1.18. The Hall–Kier alpha value is -1.32. The van der Waals surface area contributed by atoms with E-state index in [0.29, 0.717) is 11.3 Å². The predicted molar refractivity (Wildman–Crippen MR) is 37.6 cm³/mol. The number of H-pyrrole nitrogens is 1. The van der Waals surface area contributed by atoms with Crippen molar-refractivity contribution in [2.24, 2.45) is 4.99 Å². The summed E-state index contributed by atoms with van der Waals surface area (Å²) in [7, 11) is 1.60. The van der Waals surface area contributed by atoms with E-state index < -0.39 is 0 Å². The van der Waals surface area contributed by atoms with E-state index in [1.54, 1.807) is 14.0 Å². The summed E-state index contributed by atoms with van der Waals surface area (Å²) in [5.74, 6) is 0. The van der Waals surface area contributed by atoms with Gasteiger partial charge >= 0.3 is 5.63 Å². The van der Waals surface area contributed by atoms with E-state index in [1.807, 2.05) is 0 Å². The second-order valence-electron chi connectivity index (χ2n) is 1.92. The average Bonchev–Trinajstić information content (AvgIpc) is 2.20. The van der Waals surface area contributed by atoms with Gasteiger partial charge in [0.05, 0.1) is 5.69 Å². The van der Waals surface area contributed by atoms with Gasteiger partial charge in [0.15, 0.2) is 0 Å². The summed E-state index contributed by atoms with van der Waals surface area (Å²) in [5, 5.41) is 2.44. The number of hydrogen-bond acceptors (Lipinski definition) is 3. The molecule has 0 aliphatic rings. The Morgan fingerprint density at radius 2 is 2.40 bits per heavy atom. The van der Waals surface area contributed by atoms with Crippen LogP contribution in [0.15, 0.2) is 14.3 Å². The highest BCUT2D eigenvalue weighted by atomic mass is 16.5. The molecule has 0 radical (unpaired) electrons. The molecule has 0 fully saturated rings. The summed E-state index contributed by atoms with van der Waals surface area (Å²) >= 11 is 0. The third kappa shape index (κ3) is 1.00. The lowest BCUT2D eigenvalue weighted by Crippen LogP contribution is -2.00. The van der Waals surface area contributed by atoms with Crippen LogP contribution < -0.4 is 5.63 Å². The minimum Gasteiger partial charge on any atom is -0.338 e. The van der Waals surface area contributed by atoms with Crippen molar-refractivity contribution in [2.45, 2.75) is 6.92 Å². The summed E-state index contributed by atoms with van der Waals surface area (Å²) in [6.07, 6.45) is 1.47. The van der Waals surface area contributed by atoms with Crippen LogP contribution in [0.5, 0.6) is 0 Å². The molecule has 0 saturated heterocycles. The molecule has 0 spiro atoms. The molecule has 1 aromatic heterocycles. The van der Waals surface area contributed by atoms with Crippen molar-refractivity contribution >= 4 is 6.21 Å². The number of hydrogen-bond donors (Lipinski definition) is 1. The van der Waals surface area contributed by atoms with Crippen LogP contribution in [0.4, 0.5) is 0 Å². The molecule has 0 amide bonds. The highest BCUT2D eigenvalue weighted by Gasteiger charge is 2.02. The van der Waals surface area contributed by atoms with E-state index in [0.717, 1.165) is 0 Å². The smallest absolute Gasteiger partial charge is 0.338 e. The summed E-state index contributed by atoms with van der Waals surface area (Å²) < 4.78 is 4.48. The average molecular weight is 140 g/mol. The number of aryl methyl sites for hydroxylation is 1. The van der Waals surface area contributed by atoms with Gasteiger partial charge in [-0.2, -0.15) is 0 Å². The summed E-state index contributed by atoms with van der Waals surface area (Å²) in [6.45, 7) is 1.75. The van der Waals surface area contributed by atoms with Crippen molar-refractivity contribution in [3.63, 3.8) is 0 Å². The van der Waals surface area contributed by atoms with Crippen molar-refractivity contribution < 1.29 is 4.52 Å². The Morgan fingerprint density at radius 3 is 2.80 bits per heavy atom. The standard InChI is InChI=1S/C6H8N2O2/c1-4-5(3-7-2)6(9)10-8-4/h3,8H,1-2H3. The zero-order valence-corrected chi connectivity index (χ0v) is 5.84. The highest BCUT2D eigenvalue weighted by molar-refractivity contribution is 5.79. The van der Waals surface area contributed by atoms with Gasteiger partial charge in [-0.1, -0.05) is 0 Å².